The van der Waals surface area contributed by atoms with Crippen LogP contribution in [0.4, 0.5) is 0 Å². The summed E-state index contributed by atoms with van der Waals surface area (Å²) in [5.41, 5.74) is 1.62. The molecule has 0 saturated carbocycles. The van der Waals surface area contributed by atoms with Gasteiger partial charge in [0.1, 0.15) is 0 Å². The van der Waals surface area contributed by atoms with Crippen molar-refractivity contribution in [3.8, 4) is 10.6 Å². The molecule has 6 nitrogen and oxygen atoms in total. The minimum atomic E-state index is -0.0601. The van der Waals surface area contributed by atoms with E-state index in [2.05, 4.69) is 15.0 Å². The molecule has 7 heteroatoms. The second kappa shape index (κ2) is 7.16. The van der Waals surface area contributed by atoms with Crippen molar-refractivity contribution in [2.75, 3.05) is 26.2 Å². The Morgan fingerprint density at radius 3 is 2.68 bits per heavy atom. The van der Waals surface area contributed by atoms with E-state index >= 15 is 0 Å². The molecule has 0 aromatic carbocycles. The van der Waals surface area contributed by atoms with Gasteiger partial charge in [0.25, 0.3) is 5.91 Å². The zero-order valence-corrected chi connectivity index (χ0v) is 14.5. The van der Waals surface area contributed by atoms with E-state index < -0.39 is 0 Å². The van der Waals surface area contributed by atoms with Gasteiger partial charge >= 0.3 is 0 Å². The number of aromatic nitrogens is 2. The van der Waals surface area contributed by atoms with Gasteiger partial charge in [-0.2, -0.15) is 0 Å². The summed E-state index contributed by atoms with van der Waals surface area (Å²) < 4.78 is 5.32. The summed E-state index contributed by atoms with van der Waals surface area (Å²) in [4.78, 5) is 21.8. The van der Waals surface area contributed by atoms with Gasteiger partial charge in [0.05, 0.1) is 4.88 Å². The predicted octanol–water partition coefficient (Wildman–Crippen LogP) is 2.76. The first-order valence-corrected chi connectivity index (χ1v) is 9.09. The topological polar surface area (TPSA) is 62.5 Å². The number of hydrogen-bond donors (Lipinski definition) is 0. The van der Waals surface area contributed by atoms with Gasteiger partial charge in [-0.1, -0.05) is 11.2 Å². The summed E-state index contributed by atoms with van der Waals surface area (Å²) in [6.45, 7) is 3.99. The van der Waals surface area contributed by atoms with Crippen LogP contribution in [0.5, 0.6) is 0 Å². The molecule has 4 heterocycles. The van der Waals surface area contributed by atoms with Crippen molar-refractivity contribution < 1.29 is 9.32 Å². The van der Waals surface area contributed by atoms with E-state index in [-0.39, 0.29) is 5.91 Å². The minimum absolute atomic E-state index is 0.0601. The molecule has 128 valence electrons. The van der Waals surface area contributed by atoms with Crippen LogP contribution >= 0.6 is 11.3 Å². The van der Waals surface area contributed by atoms with Crippen LogP contribution in [-0.4, -0.2) is 52.0 Å². The summed E-state index contributed by atoms with van der Waals surface area (Å²) in [6, 6.07) is 9.69. The third-order valence-electron chi connectivity index (χ3n) is 4.31. The molecule has 1 saturated heterocycles. The fourth-order valence-electron chi connectivity index (χ4n) is 2.93. The van der Waals surface area contributed by atoms with Crippen molar-refractivity contribution in [2.24, 2.45) is 0 Å². The molecular formula is C18H18N4O2S. The largest absolute Gasteiger partial charge is 0.355 e. The SMILES string of the molecule is O=C(c1cc(-c2cccs2)on1)N1CCN(Cc2ccncc2)CC1. The van der Waals surface area contributed by atoms with Gasteiger partial charge in [0.2, 0.25) is 0 Å². The molecule has 0 radical (unpaired) electrons. The summed E-state index contributed by atoms with van der Waals surface area (Å²) in [7, 11) is 0. The molecule has 1 aliphatic heterocycles. The number of carbonyl (C=O) groups excluding carboxylic acids is 1. The van der Waals surface area contributed by atoms with Crippen LogP contribution in [-0.2, 0) is 6.54 Å². The highest BCUT2D eigenvalue weighted by atomic mass is 32.1. The Balaban J connectivity index is 1.35. The maximum atomic E-state index is 12.6. The van der Waals surface area contributed by atoms with Crippen LogP contribution in [0.15, 0.2) is 52.6 Å². The van der Waals surface area contributed by atoms with E-state index in [0.717, 1.165) is 24.5 Å². The van der Waals surface area contributed by atoms with Crippen LogP contribution in [0.2, 0.25) is 0 Å². The van der Waals surface area contributed by atoms with Gasteiger partial charge in [-0.15, -0.1) is 11.3 Å². The first-order valence-electron chi connectivity index (χ1n) is 8.21. The molecule has 0 spiro atoms. The Kier molecular flexibility index (Phi) is 4.58. The lowest BCUT2D eigenvalue weighted by Crippen LogP contribution is -2.48. The summed E-state index contributed by atoms with van der Waals surface area (Å²) >= 11 is 1.57. The number of nitrogens with zero attached hydrogens (tertiary/aromatic N) is 4. The van der Waals surface area contributed by atoms with E-state index in [9.17, 15) is 4.79 Å². The molecular weight excluding hydrogens is 336 g/mol. The van der Waals surface area contributed by atoms with Crippen molar-refractivity contribution in [1.82, 2.24) is 19.9 Å². The molecule has 4 rings (SSSR count). The fraction of sp³-hybridized carbons (Fsp3) is 0.278. The average molecular weight is 354 g/mol. The highest BCUT2D eigenvalue weighted by molar-refractivity contribution is 7.13. The third kappa shape index (κ3) is 3.62. The lowest BCUT2D eigenvalue weighted by Gasteiger charge is -2.34. The van der Waals surface area contributed by atoms with Crippen LogP contribution in [0, 0.1) is 0 Å². The van der Waals surface area contributed by atoms with Crippen LogP contribution in [0.3, 0.4) is 0 Å². The summed E-state index contributed by atoms with van der Waals surface area (Å²) in [5.74, 6) is 0.588. The quantitative estimate of drug-likeness (QED) is 0.721. The molecule has 0 unspecified atom stereocenters. The van der Waals surface area contributed by atoms with E-state index in [1.165, 1.54) is 5.56 Å². The minimum Gasteiger partial charge on any atom is -0.355 e. The van der Waals surface area contributed by atoms with E-state index in [4.69, 9.17) is 4.52 Å². The number of thiophene rings is 1. The molecule has 0 atom stereocenters. The Labute approximate surface area is 149 Å². The van der Waals surface area contributed by atoms with Gasteiger partial charge in [-0.3, -0.25) is 14.7 Å². The second-order valence-electron chi connectivity index (χ2n) is 5.98. The van der Waals surface area contributed by atoms with Crippen molar-refractivity contribution in [1.29, 1.82) is 0 Å². The smallest absolute Gasteiger partial charge is 0.276 e. The van der Waals surface area contributed by atoms with Crippen molar-refractivity contribution in [3.63, 3.8) is 0 Å². The maximum Gasteiger partial charge on any atom is 0.276 e. The molecule has 25 heavy (non-hydrogen) atoms. The van der Waals surface area contributed by atoms with Crippen LogP contribution < -0.4 is 0 Å². The first-order chi connectivity index (χ1) is 12.3. The monoisotopic (exact) mass is 354 g/mol. The number of hydrogen-bond acceptors (Lipinski definition) is 6. The van der Waals surface area contributed by atoms with Crippen LogP contribution in [0.25, 0.3) is 10.6 Å². The van der Waals surface area contributed by atoms with Crippen molar-refractivity contribution in [2.45, 2.75) is 6.54 Å². The molecule has 3 aromatic heterocycles. The Morgan fingerprint density at radius 1 is 1.16 bits per heavy atom. The van der Waals surface area contributed by atoms with Crippen molar-refractivity contribution in [3.05, 3.63) is 59.4 Å². The number of rotatable bonds is 4. The van der Waals surface area contributed by atoms with Gasteiger partial charge < -0.3 is 9.42 Å². The lowest BCUT2D eigenvalue weighted by atomic mass is 10.2. The van der Waals surface area contributed by atoms with E-state index in [0.29, 0.717) is 24.5 Å². The Morgan fingerprint density at radius 2 is 1.96 bits per heavy atom. The number of amides is 1. The molecule has 1 aliphatic rings. The predicted molar refractivity (Wildman–Crippen MR) is 95.2 cm³/mol. The van der Waals surface area contributed by atoms with Gasteiger partial charge in [0.15, 0.2) is 11.5 Å². The fourth-order valence-corrected chi connectivity index (χ4v) is 3.60. The second-order valence-corrected chi connectivity index (χ2v) is 6.93. The Hall–Kier alpha value is -2.51. The molecule has 3 aromatic rings. The summed E-state index contributed by atoms with van der Waals surface area (Å²) in [5, 5.41) is 5.93. The Bertz CT molecular complexity index is 824. The molecule has 1 fully saturated rings. The average Bonchev–Trinajstić information content (AvgIpc) is 3.34. The molecule has 0 N–H and O–H groups in total. The highest BCUT2D eigenvalue weighted by Crippen LogP contribution is 2.25. The zero-order valence-electron chi connectivity index (χ0n) is 13.7. The molecule has 1 amide bonds. The zero-order chi connectivity index (χ0) is 17.1. The lowest BCUT2D eigenvalue weighted by molar-refractivity contribution is 0.0618. The number of piperazine rings is 1. The third-order valence-corrected chi connectivity index (χ3v) is 5.19. The van der Waals surface area contributed by atoms with Gasteiger partial charge in [-0.25, -0.2) is 0 Å². The van der Waals surface area contributed by atoms with Gasteiger partial charge in [0, 0.05) is 51.2 Å². The van der Waals surface area contributed by atoms with Crippen LogP contribution in [0.1, 0.15) is 16.1 Å². The van der Waals surface area contributed by atoms with E-state index in [1.54, 1.807) is 17.4 Å². The van der Waals surface area contributed by atoms with Gasteiger partial charge in [-0.05, 0) is 29.1 Å². The highest BCUT2D eigenvalue weighted by Gasteiger charge is 2.24. The van der Waals surface area contributed by atoms with Crippen molar-refractivity contribution >= 4 is 17.2 Å². The summed E-state index contributed by atoms with van der Waals surface area (Å²) in [6.07, 6.45) is 3.62. The number of pyridine rings is 1. The standard InChI is InChI=1S/C18H18N4O2S/c23-18(15-12-16(24-20-15)17-2-1-11-25-17)22-9-7-21(8-10-22)13-14-3-5-19-6-4-14/h1-6,11-12H,7-10,13H2. The molecule has 0 aliphatic carbocycles. The number of carbonyl (C=O) groups is 1. The maximum absolute atomic E-state index is 12.6. The first kappa shape index (κ1) is 16.0. The molecule has 0 bridgehead atoms. The normalized spacial score (nSPS) is 15.4. The van der Waals surface area contributed by atoms with E-state index in [1.807, 2.05) is 46.9 Å².